The molecule has 0 amide bonds. The van der Waals surface area contributed by atoms with E-state index in [0.29, 0.717) is 13.0 Å². The first-order valence-corrected chi connectivity index (χ1v) is 8.02. The van der Waals surface area contributed by atoms with Crippen LogP contribution in [0.2, 0.25) is 0 Å². The fraction of sp³-hybridized carbons (Fsp3) is 0.636. The zero-order valence-corrected chi connectivity index (χ0v) is 12.3. The Bertz CT molecular complexity index is 620. The third-order valence-corrected chi connectivity index (χ3v) is 4.76. The van der Waals surface area contributed by atoms with Crippen molar-refractivity contribution in [1.29, 1.82) is 0 Å². The number of sulfonamides is 1. The Kier molecular flexibility index (Phi) is 4.11. The summed E-state index contributed by atoms with van der Waals surface area (Å²) in [5, 5.41) is 0. The second-order valence-electron chi connectivity index (χ2n) is 4.91. The normalized spacial score (nSPS) is 20.3. The average molecular weight is 324 g/mol. The quantitative estimate of drug-likeness (QED) is 0.829. The minimum atomic E-state index is -4.53. The number of hydrogen-bond acceptors (Lipinski definition) is 5. The number of anilines is 1. The van der Waals surface area contributed by atoms with E-state index in [9.17, 15) is 21.6 Å². The fourth-order valence-electron chi connectivity index (χ4n) is 2.15. The van der Waals surface area contributed by atoms with Crippen LogP contribution in [0.15, 0.2) is 12.3 Å². The first-order valence-electron chi connectivity index (χ1n) is 6.17. The highest BCUT2D eigenvalue weighted by Crippen LogP contribution is 2.29. The lowest BCUT2D eigenvalue weighted by atomic mass is 10.3. The van der Waals surface area contributed by atoms with Gasteiger partial charge in [0.05, 0.1) is 6.26 Å². The average Bonchev–Trinajstić information content (AvgIpc) is 2.85. The molecule has 1 aliphatic heterocycles. The zero-order chi connectivity index (χ0) is 15.8. The topological polar surface area (TPSA) is 66.4 Å². The van der Waals surface area contributed by atoms with Crippen LogP contribution in [-0.2, 0) is 16.2 Å². The molecule has 6 nitrogen and oxygen atoms in total. The Balaban J connectivity index is 2.15. The van der Waals surface area contributed by atoms with Gasteiger partial charge < -0.3 is 4.90 Å². The summed E-state index contributed by atoms with van der Waals surface area (Å²) in [5.41, 5.74) is -1.01. The van der Waals surface area contributed by atoms with E-state index in [0.717, 1.165) is 18.5 Å². The van der Waals surface area contributed by atoms with Crippen molar-refractivity contribution in [2.24, 2.45) is 0 Å². The number of nitrogens with zero attached hydrogens (tertiary/aromatic N) is 4. The van der Waals surface area contributed by atoms with Crippen LogP contribution in [0.5, 0.6) is 0 Å². The van der Waals surface area contributed by atoms with E-state index < -0.39 is 21.9 Å². The van der Waals surface area contributed by atoms with Gasteiger partial charge in [-0.2, -0.15) is 13.2 Å². The molecule has 10 heteroatoms. The van der Waals surface area contributed by atoms with Crippen molar-refractivity contribution >= 4 is 16.0 Å². The summed E-state index contributed by atoms with van der Waals surface area (Å²) in [6.45, 7) is 0.677. The molecule has 1 fully saturated rings. The number of hydrogen-bond donors (Lipinski definition) is 0. The Morgan fingerprint density at radius 3 is 2.67 bits per heavy atom. The predicted molar refractivity (Wildman–Crippen MR) is 70.3 cm³/mol. The van der Waals surface area contributed by atoms with Crippen LogP contribution in [0.3, 0.4) is 0 Å². The maximum atomic E-state index is 12.6. The third-order valence-electron chi connectivity index (χ3n) is 3.42. The van der Waals surface area contributed by atoms with Gasteiger partial charge in [0.1, 0.15) is 5.69 Å². The number of halogens is 3. The van der Waals surface area contributed by atoms with Crippen LogP contribution in [-0.4, -0.2) is 55.1 Å². The van der Waals surface area contributed by atoms with E-state index >= 15 is 0 Å². The van der Waals surface area contributed by atoms with Gasteiger partial charge in [-0.3, -0.25) is 0 Å². The summed E-state index contributed by atoms with van der Waals surface area (Å²) >= 11 is 0. The molecule has 0 spiro atoms. The number of alkyl halides is 3. The lowest BCUT2D eigenvalue weighted by Gasteiger charge is -2.22. The molecule has 118 valence electrons. The molecule has 1 aromatic rings. The maximum Gasteiger partial charge on any atom is 0.433 e. The summed E-state index contributed by atoms with van der Waals surface area (Å²) in [5.74, 6) is -0.0331. The smallest absolute Gasteiger partial charge is 0.339 e. The number of aromatic nitrogens is 2. The van der Waals surface area contributed by atoms with Crippen molar-refractivity contribution in [3.05, 3.63) is 18.0 Å². The highest BCUT2D eigenvalue weighted by molar-refractivity contribution is 7.88. The van der Waals surface area contributed by atoms with Crippen LogP contribution in [0, 0.1) is 0 Å². The summed E-state index contributed by atoms with van der Waals surface area (Å²) in [6.07, 6.45) is -1.86. The summed E-state index contributed by atoms with van der Waals surface area (Å²) < 4.78 is 62.0. The molecule has 0 saturated carbocycles. The maximum absolute atomic E-state index is 12.6. The van der Waals surface area contributed by atoms with E-state index in [1.807, 2.05) is 0 Å². The van der Waals surface area contributed by atoms with Gasteiger partial charge in [0.25, 0.3) is 0 Å². The van der Waals surface area contributed by atoms with Crippen molar-refractivity contribution in [3.8, 4) is 0 Å². The zero-order valence-electron chi connectivity index (χ0n) is 11.5. The molecular formula is C11H15F3N4O2S. The van der Waals surface area contributed by atoms with Gasteiger partial charge in [-0.05, 0) is 12.5 Å². The molecule has 0 aromatic carbocycles. The van der Waals surface area contributed by atoms with Crippen LogP contribution >= 0.6 is 0 Å². The Labute approximate surface area is 120 Å². The molecule has 1 aliphatic rings. The first kappa shape index (κ1) is 16.0. The Hall–Kier alpha value is -1.42. The van der Waals surface area contributed by atoms with Gasteiger partial charge in [0.15, 0.2) is 0 Å². The summed E-state index contributed by atoms with van der Waals surface area (Å²) in [6, 6.07) is 0.512. The van der Waals surface area contributed by atoms with E-state index in [-0.39, 0.29) is 18.5 Å². The lowest BCUT2D eigenvalue weighted by Crippen LogP contribution is -2.38. The van der Waals surface area contributed by atoms with Crippen LogP contribution in [0.4, 0.5) is 19.1 Å². The predicted octanol–water partition coefficient (Wildman–Crippen LogP) is 0.966. The van der Waals surface area contributed by atoms with Gasteiger partial charge in [-0.15, -0.1) is 0 Å². The third kappa shape index (κ3) is 3.62. The van der Waals surface area contributed by atoms with Crippen molar-refractivity contribution in [2.75, 3.05) is 31.3 Å². The van der Waals surface area contributed by atoms with Crippen molar-refractivity contribution in [3.63, 3.8) is 0 Å². The standard InChI is InChI=1S/C11H15F3N4O2S/c1-17(21(2,19)20)8-4-6-18(7-8)10-15-5-3-9(16-10)11(12,13)14/h3,5,8H,4,6-7H2,1-2H3. The number of likely N-dealkylation sites (N-methyl/N-ethyl adjacent to an activating group) is 1. The van der Waals surface area contributed by atoms with Gasteiger partial charge in [0.2, 0.25) is 16.0 Å². The molecule has 2 heterocycles. The highest BCUT2D eigenvalue weighted by Gasteiger charge is 2.35. The summed E-state index contributed by atoms with van der Waals surface area (Å²) in [7, 11) is -1.88. The van der Waals surface area contributed by atoms with E-state index in [2.05, 4.69) is 9.97 Å². The molecule has 1 saturated heterocycles. The van der Waals surface area contributed by atoms with Gasteiger partial charge in [-0.1, -0.05) is 0 Å². The van der Waals surface area contributed by atoms with E-state index in [1.165, 1.54) is 11.4 Å². The highest BCUT2D eigenvalue weighted by atomic mass is 32.2. The molecule has 0 radical (unpaired) electrons. The summed E-state index contributed by atoms with van der Waals surface area (Å²) in [4.78, 5) is 8.90. The minimum Gasteiger partial charge on any atom is -0.339 e. The van der Waals surface area contributed by atoms with Crippen LogP contribution in [0.25, 0.3) is 0 Å². The molecule has 1 atom stereocenters. The van der Waals surface area contributed by atoms with Crippen molar-refractivity contribution < 1.29 is 21.6 Å². The molecular weight excluding hydrogens is 309 g/mol. The van der Waals surface area contributed by atoms with Gasteiger partial charge in [0, 0.05) is 32.4 Å². The molecule has 0 aliphatic carbocycles. The van der Waals surface area contributed by atoms with Crippen molar-refractivity contribution in [2.45, 2.75) is 18.6 Å². The van der Waals surface area contributed by atoms with Crippen LogP contribution in [0.1, 0.15) is 12.1 Å². The molecule has 0 bridgehead atoms. The Morgan fingerprint density at radius 2 is 2.10 bits per heavy atom. The number of rotatable bonds is 3. The monoisotopic (exact) mass is 324 g/mol. The molecule has 1 aromatic heterocycles. The SMILES string of the molecule is CN(C1CCN(c2nccc(C(F)(F)F)n2)C1)S(C)(=O)=O. The minimum absolute atomic E-state index is 0.0331. The largest absolute Gasteiger partial charge is 0.433 e. The fourth-order valence-corrected chi connectivity index (χ4v) is 2.86. The van der Waals surface area contributed by atoms with E-state index in [4.69, 9.17) is 0 Å². The molecule has 0 N–H and O–H groups in total. The van der Waals surface area contributed by atoms with Crippen molar-refractivity contribution in [1.82, 2.24) is 14.3 Å². The van der Waals surface area contributed by atoms with Gasteiger partial charge in [-0.25, -0.2) is 22.7 Å². The molecule has 2 rings (SSSR count). The first-order chi connectivity index (χ1) is 9.59. The lowest BCUT2D eigenvalue weighted by molar-refractivity contribution is -0.141. The van der Waals surface area contributed by atoms with Gasteiger partial charge >= 0.3 is 6.18 Å². The van der Waals surface area contributed by atoms with E-state index in [1.54, 1.807) is 4.90 Å². The second kappa shape index (κ2) is 5.41. The molecule has 1 unspecified atom stereocenters. The van der Waals surface area contributed by atoms with Crippen LogP contribution < -0.4 is 4.90 Å². The Morgan fingerprint density at radius 1 is 1.43 bits per heavy atom. The molecule has 21 heavy (non-hydrogen) atoms. The second-order valence-corrected chi connectivity index (χ2v) is 6.95.